The van der Waals surface area contributed by atoms with Gasteiger partial charge in [0.2, 0.25) is 5.91 Å². The molecule has 2 fully saturated rings. The zero-order valence-corrected chi connectivity index (χ0v) is 17.3. The van der Waals surface area contributed by atoms with Gasteiger partial charge in [0.15, 0.2) is 0 Å². The van der Waals surface area contributed by atoms with E-state index in [2.05, 4.69) is 22.3 Å². The maximum absolute atomic E-state index is 12.5. The SMILES string of the molecule is Cl.Cl.O=C(CC1COCCN1)N1CCCN(Cc2ccc(Cl)cc2)CC1. The lowest BCUT2D eigenvalue weighted by Gasteiger charge is -2.27. The molecule has 1 aromatic rings. The Morgan fingerprint density at radius 2 is 1.92 bits per heavy atom. The number of nitrogens with one attached hydrogen (secondary N) is 1. The fourth-order valence-corrected chi connectivity index (χ4v) is 3.44. The van der Waals surface area contributed by atoms with E-state index in [1.54, 1.807) is 0 Å². The fourth-order valence-electron chi connectivity index (χ4n) is 3.32. The molecule has 0 aromatic heterocycles. The summed E-state index contributed by atoms with van der Waals surface area (Å²) in [5, 5.41) is 4.13. The first-order chi connectivity index (χ1) is 11.7. The van der Waals surface area contributed by atoms with Gasteiger partial charge in [0.05, 0.1) is 13.2 Å². The number of nitrogens with zero attached hydrogens (tertiary/aromatic N) is 2. The summed E-state index contributed by atoms with van der Waals surface area (Å²) >= 11 is 5.94. The normalized spacial score (nSPS) is 21.3. The molecule has 2 aliphatic rings. The van der Waals surface area contributed by atoms with E-state index in [4.69, 9.17) is 16.3 Å². The molecule has 148 valence electrons. The number of carbonyl (C=O) groups is 1. The van der Waals surface area contributed by atoms with Crippen LogP contribution in [0.2, 0.25) is 5.02 Å². The van der Waals surface area contributed by atoms with E-state index in [9.17, 15) is 4.79 Å². The van der Waals surface area contributed by atoms with Crippen LogP contribution in [0, 0.1) is 0 Å². The Morgan fingerprint density at radius 3 is 2.62 bits per heavy atom. The van der Waals surface area contributed by atoms with Crippen LogP contribution in [-0.4, -0.2) is 67.7 Å². The molecule has 8 heteroatoms. The van der Waals surface area contributed by atoms with Crippen LogP contribution in [0.1, 0.15) is 18.4 Å². The molecule has 2 heterocycles. The number of amides is 1. The molecular weight excluding hydrogens is 397 g/mol. The van der Waals surface area contributed by atoms with Crippen molar-refractivity contribution in [2.24, 2.45) is 0 Å². The minimum atomic E-state index is 0. The second kappa shape index (κ2) is 12.0. The lowest BCUT2D eigenvalue weighted by Crippen LogP contribution is -2.45. The maximum Gasteiger partial charge on any atom is 0.224 e. The molecule has 2 aliphatic heterocycles. The van der Waals surface area contributed by atoms with E-state index < -0.39 is 0 Å². The first kappa shape index (κ1) is 23.5. The van der Waals surface area contributed by atoms with Crippen molar-refractivity contribution in [3.8, 4) is 0 Å². The van der Waals surface area contributed by atoms with Crippen molar-refractivity contribution in [3.63, 3.8) is 0 Å². The smallest absolute Gasteiger partial charge is 0.224 e. The molecule has 0 saturated carbocycles. The first-order valence-corrected chi connectivity index (χ1v) is 9.14. The topological polar surface area (TPSA) is 44.8 Å². The molecule has 5 nitrogen and oxygen atoms in total. The number of rotatable bonds is 4. The van der Waals surface area contributed by atoms with Gasteiger partial charge in [-0.15, -0.1) is 24.8 Å². The van der Waals surface area contributed by atoms with Gasteiger partial charge in [-0.2, -0.15) is 0 Å². The van der Waals surface area contributed by atoms with Crippen molar-refractivity contribution >= 4 is 42.3 Å². The summed E-state index contributed by atoms with van der Waals surface area (Å²) in [6, 6.07) is 8.18. The Bertz CT molecular complexity index is 539. The van der Waals surface area contributed by atoms with Crippen LogP contribution in [-0.2, 0) is 16.1 Å². The number of ether oxygens (including phenoxy) is 1. The van der Waals surface area contributed by atoms with Gasteiger partial charge in [-0.1, -0.05) is 23.7 Å². The number of hydrogen-bond acceptors (Lipinski definition) is 4. The van der Waals surface area contributed by atoms with Crippen molar-refractivity contribution in [3.05, 3.63) is 34.9 Å². The summed E-state index contributed by atoms with van der Waals surface area (Å²) in [6.45, 7) is 6.74. The molecule has 0 spiro atoms. The Balaban J connectivity index is 0.00000169. The van der Waals surface area contributed by atoms with Gasteiger partial charge in [0.25, 0.3) is 0 Å². The lowest BCUT2D eigenvalue weighted by molar-refractivity contribution is -0.132. The van der Waals surface area contributed by atoms with E-state index >= 15 is 0 Å². The largest absolute Gasteiger partial charge is 0.378 e. The summed E-state index contributed by atoms with van der Waals surface area (Å²) in [4.78, 5) is 16.9. The van der Waals surface area contributed by atoms with E-state index in [0.29, 0.717) is 13.0 Å². The number of benzene rings is 1. The van der Waals surface area contributed by atoms with E-state index in [1.165, 1.54) is 5.56 Å². The molecule has 26 heavy (non-hydrogen) atoms. The molecule has 1 atom stereocenters. The molecular formula is C18H28Cl3N3O2. The summed E-state index contributed by atoms with van der Waals surface area (Å²) < 4.78 is 5.44. The quantitative estimate of drug-likeness (QED) is 0.807. The van der Waals surface area contributed by atoms with Gasteiger partial charge in [-0.3, -0.25) is 9.69 Å². The standard InChI is InChI=1S/C18H26ClN3O2.2ClH/c19-16-4-2-15(3-5-16)13-21-7-1-8-22(10-9-21)18(23)12-17-14-24-11-6-20-17;;/h2-5,17,20H,1,6-14H2;2*1H. The molecule has 3 rings (SSSR count). The minimum absolute atomic E-state index is 0. The highest BCUT2D eigenvalue weighted by molar-refractivity contribution is 6.30. The Morgan fingerprint density at radius 1 is 1.15 bits per heavy atom. The van der Waals surface area contributed by atoms with Crippen LogP contribution >= 0.6 is 36.4 Å². The zero-order chi connectivity index (χ0) is 16.8. The van der Waals surface area contributed by atoms with Gasteiger partial charge in [-0.25, -0.2) is 0 Å². The van der Waals surface area contributed by atoms with Crippen LogP contribution < -0.4 is 5.32 Å². The number of carbonyl (C=O) groups excluding carboxylic acids is 1. The average molecular weight is 425 g/mol. The van der Waals surface area contributed by atoms with Gasteiger partial charge in [0.1, 0.15) is 0 Å². The third-order valence-electron chi connectivity index (χ3n) is 4.68. The van der Waals surface area contributed by atoms with Gasteiger partial charge in [0, 0.05) is 56.8 Å². The zero-order valence-electron chi connectivity index (χ0n) is 14.9. The molecule has 1 aromatic carbocycles. The highest BCUT2D eigenvalue weighted by Gasteiger charge is 2.23. The van der Waals surface area contributed by atoms with Crippen LogP contribution in [0.25, 0.3) is 0 Å². The van der Waals surface area contributed by atoms with Crippen LogP contribution in [0.15, 0.2) is 24.3 Å². The maximum atomic E-state index is 12.5. The van der Waals surface area contributed by atoms with Crippen LogP contribution in [0.4, 0.5) is 0 Å². The first-order valence-electron chi connectivity index (χ1n) is 8.76. The summed E-state index contributed by atoms with van der Waals surface area (Å²) in [5.74, 6) is 0.242. The number of halogens is 3. The molecule has 1 amide bonds. The minimum Gasteiger partial charge on any atom is -0.378 e. The molecule has 0 bridgehead atoms. The molecule has 1 unspecified atom stereocenters. The van der Waals surface area contributed by atoms with E-state index in [1.807, 2.05) is 17.0 Å². The molecule has 0 aliphatic carbocycles. The lowest BCUT2D eigenvalue weighted by atomic mass is 10.1. The van der Waals surface area contributed by atoms with Gasteiger partial charge in [-0.05, 0) is 24.1 Å². The Kier molecular flexibility index (Phi) is 10.8. The second-order valence-electron chi connectivity index (χ2n) is 6.57. The number of morpholine rings is 1. The number of hydrogen-bond donors (Lipinski definition) is 1. The molecule has 1 N–H and O–H groups in total. The van der Waals surface area contributed by atoms with E-state index in [-0.39, 0.29) is 36.8 Å². The van der Waals surface area contributed by atoms with Crippen molar-refractivity contribution in [1.82, 2.24) is 15.1 Å². The highest BCUT2D eigenvalue weighted by atomic mass is 35.5. The third-order valence-corrected chi connectivity index (χ3v) is 4.93. The predicted molar refractivity (Wildman–Crippen MR) is 110 cm³/mol. The van der Waals surface area contributed by atoms with E-state index in [0.717, 1.165) is 57.3 Å². The molecule has 0 radical (unpaired) electrons. The molecule has 2 saturated heterocycles. The van der Waals surface area contributed by atoms with Gasteiger partial charge >= 0.3 is 0 Å². The average Bonchev–Trinajstić information content (AvgIpc) is 2.83. The third kappa shape index (κ3) is 7.22. The summed E-state index contributed by atoms with van der Waals surface area (Å²) in [6.07, 6.45) is 1.56. The predicted octanol–water partition coefficient (Wildman–Crippen LogP) is 2.60. The van der Waals surface area contributed by atoms with Crippen molar-refractivity contribution in [2.45, 2.75) is 25.4 Å². The highest BCUT2D eigenvalue weighted by Crippen LogP contribution is 2.14. The fraction of sp³-hybridized carbons (Fsp3) is 0.611. The second-order valence-corrected chi connectivity index (χ2v) is 7.00. The van der Waals surface area contributed by atoms with Crippen molar-refractivity contribution in [1.29, 1.82) is 0 Å². The Hall–Kier alpha value is -0.560. The Labute approximate surface area is 173 Å². The van der Waals surface area contributed by atoms with Gasteiger partial charge < -0.3 is 15.0 Å². The summed E-state index contributed by atoms with van der Waals surface area (Å²) in [7, 11) is 0. The van der Waals surface area contributed by atoms with Crippen LogP contribution in [0.5, 0.6) is 0 Å². The van der Waals surface area contributed by atoms with Crippen molar-refractivity contribution in [2.75, 3.05) is 45.9 Å². The van der Waals surface area contributed by atoms with Crippen LogP contribution in [0.3, 0.4) is 0 Å². The van der Waals surface area contributed by atoms with Crippen molar-refractivity contribution < 1.29 is 9.53 Å². The summed E-state index contributed by atoms with van der Waals surface area (Å²) in [5.41, 5.74) is 1.27. The monoisotopic (exact) mass is 423 g/mol.